The van der Waals surface area contributed by atoms with E-state index in [9.17, 15) is 18.0 Å². The first-order valence-electron chi connectivity index (χ1n) is 6.08. The topological polar surface area (TPSA) is 56.2 Å². The SMILES string of the molecule is O=C(Nc1cnn(COCC(F)(F)F)c1)c1ccccc1I. The van der Waals surface area contributed by atoms with Crippen LogP contribution in [0.15, 0.2) is 36.7 Å². The molecule has 0 unspecified atom stereocenters. The zero-order valence-corrected chi connectivity index (χ0v) is 13.3. The molecule has 2 rings (SSSR count). The summed E-state index contributed by atoms with van der Waals surface area (Å²) in [6.07, 6.45) is -1.65. The van der Waals surface area contributed by atoms with Gasteiger partial charge in [-0.3, -0.25) is 4.79 Å². The Bertz CT molecular complexity index is 658. The van der Waals surface area contributed by atoms with Crippen molar-refractivity contribution in [1.82, 2.24) is 9.78 Å². The van der Waals surface area contributed by atoms with Gasteiger partial charge in [-0.05, 0) is 34.7 Å². The summed E-state index contributed by atoms with van der Waals surface area (Å²) in [5.74, 6) is -0.319. The van der Waals surface area contributed by atoms with E-state index in [1.165, 1.54) is 12.4 Å². The number of benzene rings is 1. The summed E-state index contributed by atoms with van der Waals surface area (Å²) in [6, 6.07) is 7.03. The Hall–Kier alpha value is -1.62. The molecule has 1 amide bonds. The van der Waals surface area contributed by atoms with Crippen LogP contribution >= 0.6 is 22.6 Å². The van der Waals surface area contributed by atoms with Crippen molar-refractivity contribution in [3.63, 3.8) is 0 Å². The van der Waals surface area contributed by atoms with E-state index in [4.69, 9.17) is 0 Å². The highest BCUT2D eigenvalue weighted by molar-refractivity contribution is 14.1. The van der Waals surface area contributed by atoms with Crippen LogP contribution < -0.4 is 5.32 Å². The van der Waals surface area contributed by atoms with Crippen LogP contribution in [0.3, 0.4) is 0 Å². The lowest BCUT2D eigenvalue weighted by Gasteiger charge is -2.07. The molecule has 9 heteroatoms. The summed E-state index contributed by atoms with van der Waals surface area (Å²) in [6.45, 7) is -1.70. The summed E-state index contributed by atoms with van der Waals surface area (Å²) in [4.78, 5) is 12.1. The molecule has 118 valence electrons. The number of ether oxygens (including phenoxy) is 1. The Morgan fingerprint density at radius 3 is 2.77 bits per heavy atom. The van der Waals surface area contributed by atoms with Gasteiger partial charge in [0.15, 0.2) is 0 Å². The smallest absolute Gasteiger partial charge is 0.350 e. The molecular weight excluding hydrogens is 414 g/mol. The van der Waals surface area contributed by atoms with Crippen molar-refractivity contribution in [1.29, 1.82) is 0 Å². The molecule has 0 radical (unpaired) electrons. The second-order valence-corrected chi connectivity index (χ2v) is 5.46. The highest BCUT2D eigenvalue weighted by Gasteiger charge is 2.27. The predicted molar refractivity (Wildman–Crippen MR) is 81.3 cm³/mol. The van der Waals surface area contributed by atoms with Gasteiger partial charge in [-0.15, -0.1) is 0 Å². The molecular formula is C13H11F3IN3O2. The van der Waals surface area contributed by atoms with Gasteiger partial charge < -0.3 is 10.1 Å². The maximum Gasteiger partial charge on any atom is 0.411 e. The lowest BCUT2D eigenvalue weighted by atomic mass is 10.2. The number of halogens is 4. The highest BCUT2D eigenvalue weighted by atomic mass is 127. The minimum absolute atomic E-state index is 0.319. The van der Waals surface area contributed by atoms with Crippen molar-refractivity contribution in [2.24, 2.45) is 0 Å². The van der Waals surface area contributed by atoms with Crippen LogP contribution in [0.25, 0.3) is 0 Å². The number of alkyl halides is 3. The fourth-order valence-corrected chi connectivity index (χ4v) is 2.23. The maximum atomic E-state index is 12.1. The van der Waals surface area contributed by atoms with Gasteiger partial charge in [-0.25, -0.2) is 4.68 Å². The normalized spacial score (nSPS) is 11.5. The lowest BCUT2D eigenvalue weighted by Crippen LogP contribution is -2.18. The van der Waals surface area contributed by atoms with Crippen LogP contribution in [0.1, 0.15) is 10.4 Å². The number of hydrogen-bond acceptors (Lipinski definition) is 3. The van der Waals surface area contributed by atoms with Crippen molar-refractivity contribution in [2.45, 2.75) is 12.9 Å². The molecule has 0 fully saturated rings. The quantitative estimate of drug-likeness (QED) is 0.749. The van der Waals surface area contributed by atoms with Crippen molar-refractivity contribution >= 4 is 34.2 Å². The van der Waals surface area contributed by atoms with Gasteiger partial charge in [0.25, 0.3) is 5.91 Å². The molecule has 0 bridgehead atoms. The van der Waals surface area contributed by atoms with E-state index < -0.39 is 12.8 Å². The molecule has 1 aromatic heterocycles. The molecule has 0 saturated heterocycles. The maximum absolute atomic E-state index is 12.1. The van der Waals surface area contributed by atoms with Crippen molar-refractivity contribution in [3.8, 4) is 0 Å². The lowest BCUT2D eigenvalue weighted by molar-refractivity contribution is -0.182. The number of anilines is 1. The number of hydrogen-bond donors (Lipinski definition) is 1. The monoisotopic (exact) mass is 425 g/mol. The van der Waals surface area contributed by atoms with E-state index in [2.05, 4.69) is 15.2 Å². The van der Waals surface area contributed by atoms with Crippen molar-refractivity contribution in [2.75, 3.05) is 11.9 Å². The summed E-state index contributed by atoms with van der Waals surface area (Å²) < 4.78 is 42.3. The van der Waals surface area contributed by atoms with Crippen LogP contribution in [0, 0.1) is 3.57 Å². The van der Waals surface area contributed by atoms with E-state index in [1.807, 2.05) is 28.7 Å². The number of rotatable bonds is 5. The molecule has 2 aromatic rings. The molecule has 0 spiro atoms. The van der Waals surface area contributed by atoms with Crippen molar-refractivity contribution < 1.29 is 22.7 Å². The van der Waals surface area contributed by atoms with Gasteiger partial charge in [0.2, 0.25) is 0 Å². The molecule has 0 saturated carbocycles. The third-order valence-electron chi connectivity index (χ3n) is 2.50. The van der Waals surface area contributed by atoms with E-state index in [-0.39, 0.29) is 12.6 Å². The Labute approximate surface area is 137 Å². The Morgan fingerprint density at radius 2 is 2.09 bits per heavy atom. The Balaban J connectivity index is 1.92. The first-order valence-corrected chi connectivity index (χ1v) is 7.16. The molecule has 22 heavy (non-hydrogen) atoms. The zero-order valence-electron chi connectivity index (χ0n) is 11.1. The van der Waals surface area contributed by atoms with E-state index in [1.54, 1.807) is 18.2 Å². The fraction of sp³-hybridized carbons (Fsp3) is 0.231. The van der Waals surface area contributed by atoms with Crippen LogP contribution in [0.5, 0.6) is 0 Å². The van der Waals surface area contributed by atoms with Gasteiger partial charge in [0, 0.05) is 3.57 Å². The zero-order chi connectivity index (χ0) is 16.2. The predicted octanol–water partition coefficient (Wildman–Crippen LogP) is 3.28. The molecule has 0 aliphatic rings. The largest absolute Gasteiger partial charge is 0.411 e. The number of carbonyl (C=O) groups excluding carboxylic acids is 1. The average molecular weight is 425 g/mol. The third-order valence-corrected chi connectivity index (χ3v) is 3.44. The second-order valence-electron chi connectivity index (χ2n) is 4.30. The summed E-state index contributed by atoms with van der Waals surface area (Å²) in [5, 5.41) is 6.43. The molecule has 0 aliphatic heterocycles. The summed E-state index contributed by atoms with van der Waals surface area (Å²) in [5.41, 5.74) is 0.879. The van der Waals surface area contributed by atoms with E-state index in [0.717, 1.165) is 8.25 Å². The third kappa shape index (κ3) is 4.98. The molecule has 5 nitrogen and oxygen atoms in total. The molecule has 0 aliphatic carbocycles. The molecule has 1 heterocycles. The van der Waals surface area contributed by atoms with Gasteiger partial charge >= 0.3 is 6.18 Å². The molecule has 1 aromatic carbocycles. The second kappa shape index (κ2) is 7.09. The van der Waals surface area contributed by atoms with Crippen LogP contribution in [0.2, 0.25) is 0 Å². The summed E-state index contributed by atoms with van der Waals surface area (Å²) in [7, 11) is 0. The number of aromatic nitrogens is 2. The Kier molecular flexibility index (Phi) is 5.40. The first-order chi connectivity index (χ1) is 10.3. The van der Waals surface area contributed by atoms with Gasteiger partial charge in [-0.2, -0.15) is 18.3 Å². The van der Waals surface area contributed by atoms with Crippen LogP contribution in [-0.4, -0.2) is 28.5 Å². The van der Waals surface area contributed by atoms with Crippen LogP contribution in [0.4, 0.5) is 18.9 Å². The number of amides is 1. The number of carbonyl (C=O) groups is 1. The standard InChI is InChI=1S/C13H11F3IN3O2/c14-13(15,16)7-22-8-20-6-9(5-18-20)19-12(21)10-3-1-2-4-11(10)17/h1-6H,7-8H2,(H,19,21). The van der Waals surface area contributed by atoms with Gasteiger partial charge in [-0.1, -0.05) is 12.1 Å². The van der Waals surface area contributed by atoms with E-state index >= 15 is 0 Å². The summed E-state index contributed by atoms with van der Waals surface area (Å²) >= 11 is 2.04. The first kappa shape index (κ1) is 16.7. The minimum atomic E-state index is -4.38. The number of nitrogens with one attached hydrogen (secondary N) is 1. The molecule has 1 N–H and O–H groups in total. The van der Waals surface area contributed by atoms with Gasteiger partial charge in [0.1, 0.15) is 13.3 Å². The van der Waals surface area contributed by atoms with Crippen LogP contribution in [-0.2, 0) is 11.5 Å². The molecule has 0 atom stereocenters. The fourth-order valence-electron chi connectivity index (χ4n) is 1.60. The highest BCUT2D eigenvalue weighted by Crippen LogP contribution is 2.16. The van der Waals surface area contributed by atoms with Crippen molar-refractivity contribution in [3.05, 3.63) is 45.8 Å². The van der Waals surface area contributed by atoms with Gasteiger partial charge in [0.05, 0.1) is 23.6 Å². The Morgan fingerprint density at radius 1 is 1.36 bits per heavy atom. The number of nitrogens with zero attached hydrogens (tertiary/aromatic N) is 2. The minimum Gasteiger partial charge on any atom is -0.350 e. The average Bonchev–Trinajstić information content (AvgIpc) is 2.85. The van der Waals surface area contributed by atoms with E-state index in [0.29, 0.717) is 11.3 Å².